The average Bonchev–Trinajstić information content (AvgIpc) is 3.30. The first kappa shape index (κ1) is 20.9. The van der Waals surface area contributed by atoms with Crippen molar-refractivity contribution < 1.29 is 18.3 Å². The van der Waals surface area contributed by atoms with Crippen LogP contribution in [0.2, 0.25) is 0 Å². The fourth-order valence-electron chi connectivity index (χ4n) is 4.43. The molecule has 0 N–H and O–H groups in total. The molecule has 0 radical (unpaired) electrons. The van der Waals surface area contributed by atoms with E-state index in [4.69, 9.17) is 4.74 Å². The molecule has 5 nitrogen and oxygen atoms in total. The highest BCUT2D eigenvalue weighted by molar-refractivity contribution is 5.94. The van der Waals surface area contributed by atoms with Gasteiger partial charge >= 0.3 is 0 Å². The molecule has 0 spiro atoms. The van der Waals surface area contributed by atoms with Crippen LogP contribution in [-0.4, -0.2) is 59.1 Å². The van der Waals surface area contributed by atoms with E-state index in [1.165, 1.54) is 18.2 Å². The fourth-order valence-corrected chi connectivity index (χ4v) is 4.43. The van der Waals surface area contributed by atoms with E-state index >= 15 is 0 Å². The first-order valence-corrected chi connectivity index (χ1v) is 10.6. The number of nitrogens with zero attached hydrogens (tertiary/aromatic N) is 3. The third-order valence-corrected chi connectivity index (χ3v) is 6.00. The SMILES string of the molecule is O=C(c1cccnc1)N(CC1CN(Cc2c(F)cccc2F)CCO1)C1CCCC1. The van der Waals surface area contributed by atoms with E-state index in [9.17, 15) is 13.6 Å². The van der Waals surface area contributed by atoms with Crippen LogP contribution in [0.1, 0.15) is 41.6 Å². The maximum Gasteiger partial charge on any atom is 0.255 e. The Bertz CT molecular complexity index is 839. The summed E-state index contributed by atoms with van der Waals surface area (Å²) in [6.45, 7) is 2.26. The number of carbonyl (C=O) groups excluding carboxylic acids is 1. The van der Waals surface area contributed by atoms with Gasteiger partial charge in [-0.25, -0.2) is 8.78 Å². The van der Waals surface area contributed by atoms with Gasteiger partial charge in [0.05, 0.1) is 18.3 Å². The lowest BCUT2D eigenvalue weighted by atomic mass is 10.1. The van der Waals surface area contributed by atoms with Gasteiger partial charge in [0.1, 0.15) is 11.6 Å². The van der Waals surface area contributed by atoms with Crippen molar-refractivity contribution in [3.8, 4) is 0 Å². The highest BCUT2D eigenvalue weighted by Gasteiger charge is 2.32. The van der Waals surface area contributed by atoms with Gasteiger partial charge in [0.25, 0.3) is 5.91 Å². The van der Waals surface area contributed by atoms with Crippen LogP contribution in [0.4, 0.5) is 8.78 Å². The number of hydrogen-bond donors (Lipinski definition) is 0. The van der Waals surface area contributed by atoms with Crippen molar-refractivity contribution in [2.75, 3.05) is 26.2 Å². The zero-order valence-electron chi connectivity index (χ0n) is 17.0. The number of pyridine rings is 1. The molecule has 0 bridgehead atoms. The molecule has 1 saturated carbocycles. The van der Waals surface area contributed by atoms with Crippen LogP contribution in [0.5, 0.6) is 0 Å². The second-order valence-corrected chi connectivity index (χ2v) is 8.07. The quantitative estimate of drug-likeness (QED) is 0.723. The topological polar surface area (TPSA) is 45.7 Å². The molecule has 4 rings (SSSR count). The molecule has 1 aliphatic heterocycles. The molecule has 160 valence electrons. The normalized spacial score (nSPS) is 20.4. The van der Waals surface area contributed by atoms with Crippen molar-refractivity contribution in [2.45, 2.75) is 44.4 Å². The largest absolute Gasteiger partial charge is 0.374 e. The van der Waals surface area contributed by atoms with Crippen LogP contribution in [0.25, 0.3) is 0 Å². The molecular formula is C23H27F2N3O2. The maximum absolute atomic E-state index is 14.1. The lowest BCUT2D eigenvalue weighted by Gasteiger charge is -2.38. The number of carbonyl (C=O) groups is 1. The number of benzene rings is 1. The van der Waals surface area contributed by atoms with Crippen molar-refractivity contribution in [2.24, 2.45) is 0 Å². The molecule has 1 amide bonds. The molecule has 2 aliphatic rings. The number of morpholine rings is 1. The van der Waals surface area contributed by atoms with E-state index in [1.807, 2.05) is 9.80 Å². The van der Waals surface area contributed by atoms with Gasteiger partial charge in [0, 0.05) is 50.2 Å². The van der Waals surface area contributed by atoms with Crippen molar-refractivity contribution in [1.82, 2.24) is 14.8 Å². The Morgan fingerprint density at radius 2 is 1.93 bits per heavy atom. The van der Waals surface area contributed by atoms with Gasteiger partial charge < -0.3 is 9.64 Å². The third-order valence-electron chi connectivity index (χ3n) is 6.00. The number of amides is 1. The van der Waals surface area contributed by atoms with Crippen molar-refractivity contribution in [3.05, 3.63) is 65.5 Å². The number of hydrogen-bond acceptors (Lipinski definition) is 4. The highest BCUT2D eigenvalue weighted by Crippen LogP contribution is 2.26. The number of ether oxygens (including phenoxy) is 1. The predicted molar refractivity (Wildman–Crippen MR) is 109 cm³/mol. The molecule has 1 unspecified atom stereocenters. The van der Waals surface area contributed by atoms with E-state index in [1.54, 1.807) is 24.5 Å². The summed E-state index contributed by atoms with van der Waals surface area (Å²) >= 11 is 0. The van der Waals surface area contributed by atoms with Gasteiger partial charge in [0.2, 0.25) is 0 Å². The molecule has 1 aromatic heterocycles. The maximum atomic E-state index is 14.1. The van der Waals surface area contributed by atoms with E-state index < -0.39 is 11.6 Å². The minimum atomic E-state index is -0.530. The molecule has 1 saturated heterocycles. The summed E-state index contributed by atoms with van der Waals surface area (Å²) in [5.74, 6) is -1.09. The molecule has 1 aliphatic carbocycles. The summed E-state index contributed by atoms with van der Waals surface area (Å²) in [4.78, 5) is 21.2. The molecule has 2 heterocycles. The lowest BCUT2D eigenvalue weighted by Crippen LogP contribution is -2.50. The Morgan fingerprint density at radius 3 is 2.63 bits per heavy atom. The van der Waals surface area contributed by atoms with Gasteiger partial charge in [-0.2, -0.15) is 0 Å². The van der Waals surface area contributed by atoms with Crippen LogP contribution in [0, 0.1) is 11.6 Å². The zero-order valence-corrected chi connectivity index (χ0v) is 17.0. The van der Waals surface area contributed by atoms with E-state index in [0.717, 1.165) is 25.7 Å². The van der Waals surface area contributed by atoms with Crippen molar-refractivity contribution in [1.29, 1.82) is 0 Å². The van der Waals surface area contributed by atoms with Gasteiger partial charge in [-0.1, -0.05) is 18.9 Å². The van der Waals surface area contributed by atoms with Crippen LogP contribution in [0.15, 0.2) is 42.7 Å². The minimum absolute atomic E-state index is 0.0316. The Kier molecular flexibility index (Phi) is 6.69. The van der Waals surface area contributed by atoms with Crippen molar-refractivity contribution in [3.63, 3.8) is 0 Å². The van der Waals surface area contributed by atoms with E-state index in [-0.39, 0.29) is 30.2 Å². The average molecular weight is 415 g/mol. The Hall–Kier alpha value is -2.38. The highest BCUT2D eigenvalue weighted by atomic mass is 19.1. The van der Waals surface area contributed by atoms with Crippen LogP contribution >= 0.6 is 0 Å². The van der Waals surface area contributed by atoms with E-state index in [2.05, 4.69) is 4.98 Å². The fraction of sp³-hybridized carbons (Fsp3) is 0.478. The molecule has 2 fully saturated rings. The number of aromatic nitrogens is 1. The standard InChI is InChI=1S/C23H27F2N3O2/c24-21-8-3-9-22(25)20(21)16-27-11-12-30-19(14-27)15-28(18-6-1-2-7-18)23(29)17-5-4-10-26-13-17/h3-5,8-10,13,18-19H,1-2,6-7,11-12,14-16H2. The second-order valence-electron chi connectivity index (χ2n) is 8.07. The van der Waals surface area contributed by atoms with Gasteiger partial charge in [-0.05, 0) is 37.1 Å². The van der Waals surface area contributed by atoms with E-state index in [0.29, 0.717) is 31.8 Å². The second kappa shape index (κ2) is 9.62. The zero-order chi connectivity index (χ0) is 20.9. The summed E-state index contributed by atoms with van der Waals surface area (Å²) in [5.41, 5.74) is 0.655. The molecule has 2 aromatic rings. The Balaban J connectivity index is 1.45. The number of rotatable bonds is 6. The summed E-state index contributed by atoms with van der Waals surface area (Å²) < 4.78 is 34.1. The molecule has 7 heteroatoms. The van der Waals surface area contributed by atoms with Gasteiger partial charge in [0.15, 0.2) is 0 Å². The monoisotopic (exact) mass is 415 g/mol. The first-order chi connectivity index (χ1) is 14.6. The van der Waals surface area contributed by atoms with Gasteiger partial charge in [-0.15, -0.1) is 0 Å². The lowest BCUT2D eigenvalue weighted by molar-refractivity contribution is -0.0473. The molecular weight excluding hydrogens is 388 g/mol. The first-order valence-electron chi connectivity index (χ1n) is 10.6. The molecule has 1 aromatic carbocycles. The number of halogens is 2. The minimum Gasteiger partial charge on any atom is -0.374 e. The Morgan fingerprint density at radius 1 is 1.17 bits per heavy atom. The molecule has 30 heavy (non-hydrogen) atoms. The van der Waals surface area contributed by atoms with Crippen LogP contribution in [-0.2, 0) is 11.3 Å². The summed E-state index contributed by atoms with van der Waals surface area (Å²) in [7, 11) is 0. The van der Waals surface area contributed by atoms with Crippen LogP contribution in [0.3, 0.4) is 0 Å². The third kappa shape index (κ3) is 4.84. The smallest absolute Gasteiger partial charge is 0.255 e. The Labute approximate surface area is 175 Å². The molecule has 1 atom stereocenters. The van der Waals surface area contributed by atoms with Crippen molar-refractivity contribution >= 4 is 5.91 Å². The predicted octanol–water partition coefficient (Wildman–Crippen LogP) is 3.65. The summed E-state index contributed by atoms with van der Waals surface area (Å²) in [5, 5.41) is 0. The van der Waals surface area contributed by atoms with Gasteiger partial charge in [-0.3, -0.25) is 14.7 Å². The van der Waals surface area contributed by atoms with Crippen LogP contribution < -0.4 is 0 Å². The summed E-state index contributed by atoms with van der Waals surface area (Å²) in [6, 6.07) is 7.68. The summed E-state index contributed by atoms with van der Waals surface area (Å²) in [6.07, 6.45) is 7.26.